The van der Waals surface area contributed by atoms with Crippen molar-refractivity contribution in [1.29, 1.82) is 0 Å². The third kappa shape index (κ3) is 2.92. The predicted molar refractivity (Wildman–Crippen MR) is 93.8 cm³/mol. The minimum absolute atomic E-state index is 0.148. The van der Waals surface area contributed by atoms with Crippen LogP contribution in [-0.2, 0) is 0 Å². The molecule has 1 aromatic carbocycles. The molecule has 0 saturated carbocycles. The molecule has 0 atom stereocenters. The number of benzene rings is 1. The molecular weight excluding hydrogens is 326 g/mol. The maximum Gasteiger partial charge on any atom is 0.253 e. The minimum atomic E-state index is 0.148. The van der Waals surface area contributed by atoms with Gasteiger partial charge in [0.05, 0.1) is 4.88 Å². The Balaban J connectivity index is 1.55. The summed E-state index contributed by atoms with van der Waals surface area (Å²) in [7, 11) is 0. The molecule has 1 aliphatic heterocycles. The molecule has 0 N–H and O–H groups in total. The van der Waals surface area contributed by atoms with E-state index in [9.17, 15) is 4.79 Å². The van der Waals surface area contributed by atoms with Gasteiger partial charge in [0.25, 0.3) is 5.91 Å². The summed E-state index contributed by atoms with van der Waals surface area (Å²) < 4.78 is 0. The fourth-order valence-corrected chi connectivity index (χ4v) is 4.40. The van der Waals surface area contributed by atoms with Crippen molar-refractivity contribution in [1.82, 2.24) is 15.1 Å². The van der Waals surface area contributed by atoms with Crippen LogP contribution in [0.2, 0.25) is 0 Å². The van der Waals surface area contributed by atoms with Gasteiger partial charge in [0, 0.05) is 23.5 Å². The van der Waals surface area contributed by atoms with Gasteiger partial charge in [-0.05, 0) is 42.7 Å². The number of carbonyl (C=O) groups excluding carboxylic acids is 1. The van der Waals surface area contributed by atoms with Gasteiger partial charge in [-0.1, -0.05) is 23.5 Å². The SMILES string of the molecule is O=C(c1ccc(-c2ccc(-c3nncs3)s2)cc1)N1CCCC1. The van der Waals surface area contributed by atoms with Crippen LogP contribution in [0.15, 0.2) is 41.9 Å². The molecule has 6 heteroatoms. The van der Waals surface area contributed by atoms with E-state index in [0.717, 1.165) is 46.9 Å². The zero-order valence-corrected chi connectivity index (χ0v) is 14.1. The number of rotatable bonds is 3. The van der Waals surface area contributed by atoms with Crippen LogP contribution in [0.25, 0.3) is 20.3 Å². The maximum atomic E-state index is 12.4. The largest absolute Gasteiger partial charge is 0.339 e. The van der Waals surface area contributed by atoms with Crippen LogP contribution >= 0.6 is 22.7 Å². The second-order valence-electron chi connectivity index (χ2n) is 5.48. The van der Waals surface area contributed by atoms with Gasteiger partial charge < -0.3 is 4.90 Å². The lowest BCUT2D eigenvalue weighted by atomic mass is 10.1. The van der Waals surface area contributed by atoms with Crippen molar-refractivity contribution in [2.24, 2.45) is 0 Å². The third-order valence-electron chi connectivity index (χ3n) is 3.99. The molecule has 1 saturated heterocycles. The quantitative estimate of drug-likeness (QED) is 0.718. The number of thiophene rings is 1. The Hall–Kier alpha value is -2.05. The highest BCUT2D eigenvalue weighted by molar-refractivity contribution is 7.22. The number of hydrogen-bond donors (Lipinski definition) is 0. The Morgan fingerprint density at radius 1 is 1.00 bits per heavy atom. The fraction of sp³-hybridized carbons (Fsp3) is 0.235. The van der Waals surface area contributed by atoms with Crippen LogP contribution in [0.5, 0.6) is 0 Å². The molecule has 2 aromatic heterocycles. The van der Waals surface area contributed by atoms with E-state index in [0.29, 0.717) is 0 Å². The van der Waals surface area contributed by atoms with E-state index >= 15 is 0 Å². The van der Waals surface area contributed by atoms with Crippen molar-refractivity contribution in [3.05, 3.63) is 47.5 Å². The van der Waals surface area contributed by atoms with Crippen molar-refractivity contribution in [2.75, 3.05) is 13.1 Å². The van der Waals surface area contributed by atoms with E-state index in [1.165, 1.54) is 4.88 Å². The smallest absolute Gasteiger partial charge is 0.253 e. The zero-order chi connectivity index (χ0) is 15.6. The Kier molecular flexibility index (Phi) is 3.93. The fourth-order valence-electron chi connectivity index (χ4n) is 2.77. The van der Waals surface area contributed by atoms with Gasteiger partial charge in [-0.15, -0.1) is 21.5 Å². The van der Waals surface area contributed by atoms with E-state index < -0.39 is 0 Å². The molecule has 0 unspecified atom stereocenters. The molecule has 1 aliphatic rings. The number of hydrogen-bond acceptors (Lipinski definition) is 5. The maximum absolute atomic E-state index is 12.4. The van der Waals surface area contributed by atoms with E-state index in [4.69, 9.17) is 0 Å². The molecular formula is C17H15N3OS2. The van der Waals surface area contributed by atoms with Crippen LogP contribution < -0.4 is 0 Å². The first kappa shape index (κ1) is 14.5. The second kappa shape index (κ2) is 6.22. The van der Waals surface area contributed by atoms with Crippen LogP contribution in [0.3, 0.4) is 0 Å². The van der Waals surface area contributed by atoms with Gasteiger partial charge in [-0.3, -0.25) is 4.79 Å². The molecule has 1 fully saturated rings. The number of likely N-dealkylation sites (tertiary alicyclic amines) is 1. The normalized spacial score (nSPS) is 14.3. The lowest BCUT2D eigenvalue weighted by Crippen LogP contribution is -2.27. The molecule has 3 aromatic rings. The second-order valence-corrected chi connectivity index (χ2v) is 7.40. The van der Waals surface area contributed by atoms with E-state index in [-0.39, 0.29) is 5.91 Å². The van der Waals surface area contributed by atoms with Crippen molar-refractivity contribution < 1.29 is 4.79 Å². The molecule has 4 rings (SSSR count). The summed E-state index contributed by atoms with van der Waals surface area (Å²) in [5.74, 6) is 0.148. The van der Waals surface area contributed by atoms with Crippen molar-refractivity contribution in [3.8, 4) is 20.3 Å². The number of aromatic nitrogens is 2. The van der Waals surface area contributed by atoms with Crippen molar-refractivity contribution in [3.63, 3.8) is 0 Å². The van der Waals surface area contributed by atoms with Gasteiger partial charge in [0.15, 0.2) is 5.01 Å². The third-order valence-corrected chi connectivity index (χ3v) is 5.98. The molecule has 4 nitrogen and oxygen atoms in total. The lowest BCUT2D eigenvalue weighted by Gasteiger charge is -2.15. The molecule has 0 radical (unpaired) electrons. The summed E-state index contributed by atoms with van der Waals surface area (Å²) in [4.78, 5) is 16.6. The van der Waals surface area contributed by atoms with Gasteiger partial charge in [-0.2, -0.15) is 0 Å². The highest BCUT2D eigenvalue weighted by atomic mass is 32.1. The zero-order valence-electron chi connectivity index (χ0n) is 12.4. The first-order valence-electron chi connectivity index (χ1n) is 7.57. The van der Waals surface area contributed by atoms with Crippen molar-refractivity contribution >= 4 is 28.6 Å². The standard InChI is InChI=1S/C17H15N3OS2/c21-17(20-9-1-2-10-20)13-5-3-12(4-6-13)14-7-8-15(23-14)16-19-18-11-22-16/h3-8,11H,1-2,9-10H2. The highest BCUT2D eigenvalue weighted by Crippen LogP contribution is 2.35. The molecule has 0 bridgehead atoms. The van der Waals surface area contributed by atoms with E-state index in [1.807, 2.05) is 29.2 Å². The van der Waals surface area contributed by atoms with Crippen LogP contribution in [-0.4, -0.2) is 34.1 Å². The first-order chi connectivity index (χ1) is 11.3. The Morgan fingerprint density at radius 3 is 2.43 bits per heavy atom. The molecule has 0 aliphatic carbocycles. The highest BCUT2D eigenvalue weighted by Gasteiger charge is 2.19. The van der Waals surface area contributed by atoms with E-state index in [1.54, 1.807) is 28.2 Å². The average Bonchev–Trinajstić information content (AvgIpc) is 3.36. The van der Waals surface area contributed by atoms with Gasteiger partial charge in [-0.25, -0.2) is 0 Å². The average molecular weight is 341 g/mol. The Labute approximate surface area is 142 Å². The summed E-state index contributed by atoms with van der Waals surface area (Å²) in [6.07, 6.45) is 2.24. The first-order valence-corrected chi connectivity index (χ1v) is 9.27. The van der Waals surface area contributed by atoms with E-state index in [2.05, 4.69) is 22.3 Å². The van der Waals surface area contributed by atoms with Gasteiger partial charge >= 0.3 is 0 Å². The monoisotopic (exact) mass is 341 g/mol. The molecule has 116 valence electrons. The minimum Gasteiger partial charge on any atom is -0.339 e. The Morgan fingerprint density at radius 2 is 1.74 bits per heavy atom. The molecule has 1 amide bonds. The number of carbonyl (C=O) groups is 1. The molecule has 3 heterocycles. The van der Waals surface area contributed by atoms with Crippen LogP contribution in [0, 0.1) is 0 Å². The lowest BCUT2D eigenvalue weighted by molar-refractivity contribution is 0.0793. The Bertz CT molecular complexity index is 803. The molecule has 23 heavy (non-hydrogen) atoms. The summed E-state index contributed by atoms with van der Waals surface area (Å²) in [6, 6.07) is 12.1. The predicted octanol–water partition coefficient (Wildman–Crippen LogP) is 4.17. The number of nitrogens with zero attached hydrogens (tertiary/aromatic N) is 3. The number of amides is 1. The van der Waals surface area contributed by atoms with Gasteiger partial charge in [0.1, 0.15) is 5.51 Å². The summed E-state index contributed by atoms with van der Waals surface area (Å²) in [5.41, 5.74) is 3.65. The molecule has 0 spiro atoms. The summed E-state index contributed by atoms with van der Waals surface area (Å²) >= 11 is 3.24. The van der Waals surface area contributed by atoms with Crippen LogP contribution in [0.4, 0.5) is 0 Å². The summed E-state index contributed by atoms with van der Waals surface area (Å²) in [6.45, 7) is 1.77. The van der Waals surface area contributed by atoms with Gasteiger partial charge in [0.2, 0.25) is 0 Å². The topological polar surface area (TPSA) is 46.1 Å². The van der Waals surface area contributed by atoms with Crippen molar-refractivity contribution in [2.45, 2.75) is 12.8 Å². The van der Waals surface area contributed by atoms with Crippen LogP contribution in [0.1, 0.15) is 23.2 Å². The summed E-state index contributed by atoms with van der Waals surface area (Å²) in [5, 5.41) is 8.93.